The molecule has 1 aliphatic carbocycles. The highest BCUT2D eigenvalue weighted by molar-refractivity contribution is 6.18. The van der Waals surface area contributed by atoms with Crippen molar-refractivity contribution >= 4 is 38.9 Å². The molecule has 0 saturated carbocycles. The van der Waals surface area contributed by atoms with Gasteiger partial charge in [0.15, 0.2) is 0 Å². The number of benzene rings is 10. The van der Waals surface area contributed by atoms with E-state index in [0.29, 0.717) is 0 Å². The summed E-state index contributed by atoms with van der Waals surface area (Å²) in [5.74, 6) is 0. The molecule has 0 N–H and O–H groups in total. The Balaban J connectivity index is 1.23. The smallest absolute Gasteiger partial charge is 0.0562 e. The van der Waals surface area contributed by atoms with Gasteiger partial charge in [-0.1, -0.05) is 214 Å². The molecule has 0 saturated heterocycles. The van der Waals surface area contributed by atoms with Crippen molar-refractivity contribution in [3.63, 3.8) is 0 Å². The number of hydrogen-bond acceptors (Lipinski definition) is 1. The van der Waals surface area contributed by atoms with Gasteiger partial charge in [-0.3, -0.25) is 0 Å². The summed E-state index contributed by atoms with van der Waals surface area (Å²) in [6.45, 7) is 4.74. The van der Waals surface area contributed by atoms with E-state index in [0.717, 1.165) is 28.3 Å². The molecule has 10 aromatic carbocycles. The molecule has 0 aliphatic heterocycles. The standard InChI is InChI=1S/C63H46N2/c1-63(2)53-36-17-14-32-51(53)60-50(35-20-37-54(60)63)48-30-15-18-38-55(48)65(59-42-22-41-58-62(59)52-33-16-19-39-56(52)64(58)45-27-10-5-11-28-45)57-40-21-34-47(44-25-8-4-9-26-44)61(57)49-31-13-12-29-46(49)43-23-6-3-7-24-43/h3-42H,1-2H3. The maximum absolute atomic E-state index is 2.58. The van der Waals surface area contributed by atoms with Crippen LogP contribution in [0.15, 0.2) is 243 Å². The predicted octanol–water partition coefficient (Wildman–Crippen LogP) is 17.2. The number of rotatable bonds is 8. The van der Waals surface area contributed by atoms with Crippen LogP contribution in [0.25, 0.3) is 83.1 Å². The highest BCUT2D eigenvalue weighted by Gasteiger charge is 2.37. The quantitative estimate of drug-likeness (QED) is 0.148. The van der Waals surface area contributed by atoms with E-state index in [2.05, 4.69) is 266 Å². The average Bonchev–Trinajstić information content (AvgIpc) is 3.84. The number of nitrogens with zero attached hydrogens (tertiary/aromatic N) is 2. The van der Waals surface area contributed by atoms with E-state index in [9.17, 15) is 0 Å². The zero-order valence-corrected chi connectivity index (χ0v) is 36.5. The Labute approximate surface area is 381 Å². The van der Waals surface area contributed by atoms with Gasteiger partial charge in [0.25, 0.3) is 0 Å². The molecule has 0 spiro atoms. The molecule has 0 amide bonds. The van der Waals surface area contributed by atoms with E-state index in [4.69, 9.17) is 0 Å². The molecule has 2 heteroatoms. The zero-order valence-electron chi connectivity index (χ0n) is 36.5. The van der Waals surface area contributed by atoms with Gasteiger partial charge < -0.3 is 9.47 Å². The third-order valence-electron chi connectivity index (χ3n) is 13.6. The van der Waals surface area contributed by atoms with Gasteiger partial charge in [0.1, 0.15) is 0 Å². The Hall–Kier alpha value is -8.20. The fourth-order valence-electron chi connectivity index (χ4n) is 10.7. The van der Waals surface area contributed by atoms with Gasteiger partial charge in [-0.2, -0.15) is 0 Å². The maximum Gasteiger partial charge on any atom is 0.0562 e. The fourth-order valence-corrected chi connectivity index (χ4v) is 10.7. The summed E-state index contributed by atoms with van der Waals surface area (Å²) in [6.07, 6.45) is 0. The van der Waals surface area contributed by atoms with Crippen molar-refractivity contribution in [2.75, 3.05) is 4.90 Å². The Bertz CT molecular complexity index is 3560. The lowest BCUT2D eigenvalue weighted by Gasteiger charge is -2.32. The molecular formula is C63H46N2. The largest absolute Gasteiger partial charge is 0.309 e. The maximum atomic E-state index is 2.58. The summed E-state index contributed by atoms with van der Waals surface area (Å²) < 4.78 is 2.42. The molecule has 0 unspecified atom stereocenters. The predicted molar refractivity (Wildman–Crippen MR) is 275 cm³/mol. The highest BCUT2D eigenvalue weighted by Crippen LogP contribution is 2.56. The fraction of sp³-hybridized carbons (Fsp3) is 0.0476. The minimum absolute atomic E-state index is 0.139. The number of anilines is 3. The van der Waals surface area contributed by atoms with Crippen molar-refractivity contribution in [1.29, 1.82) is 0 Å². The van der Waals surface area contributed by atoms with Crippen LogP contribution in [0, 0.1) is 0 Å². The van der Waals surface area contributed by atoms with Gasteiger partial charge in [0.2, 0.25) is 0 Å². The van der Waals surface area contributed by atoms with Crippen LogP contribution < -0.4 is 4.90 Å². The van der Waals surface area contributed by atoms with Crippen LogP contribution in [0.2, 0.25) is 0 Å². The molecule has 65 heavy (non-hydrogen) atoms. The minimum Gasteiger partial charge on any atom is -0.309 e. The first kappa shape index (κ1) is 38.5. The van der Waals surface area contributed by atoms with Crippen LogP contribution in [0.4, 0.5) is 17.1 Å². The first-order chi connectivity index (χ1) is 32.1. The third-order valence-corrected chi connectivity index (χ3v) is 13.6. The van der Waals surface area contributed by atoms with E-state index in [1.54, 1.807) is 0 Å². The van der Waals surface area contributed by atoms with E-state index in [1.165, 1.54) is 83.1 Å². The summed E-state index contributed by atoms with van der Waals surface area (Å²) in [5, 5.41) is 2.39. The monoisotopic (exact) mass is 830 g/mol. The first-order valence-electron chi connectivity index (χ1n) is 22.6. The molecule has 12 rings (SSSR count). The summed E-state index contributed by atoms with van der Waals surface area (Å²) in [7, 11) is 0. The molecule has 0 radical (unpaired) electrons. The summed E-state index contributed by atoms with van der Waals surface area (Å²) in [5.41, 5.74) is 21.4. The topological polar surface area (TPSA) is 8.17 Å². The van der Waals surface area contributed by atoms with E-state index in [-0.39, 0.29) is 5.41 Å². The van der Waals surface area contributed by atoms with Crippen LogP contribution >= 0.6 is 0 Å². The van der Waals surface area contributed by atoms with E-state index < -0.39 is 0 Å². The van der Waals surface area contributed by atoms with Gasteiger partial charge in [0, 0.05) is 33.0 Å². The second kappa shape index (κ2) is 15.6. The van der Waals surface area contributed by atoms with Gasteiger partial charge in [-0.25, -0.2) is 0 Å². The van der Waals surface area contributed by atoms with Crippen molar-refractivity contribution in [2.24, 2.45) is 0 Å². The number of hydrogen-bond donors (Lipinski definition) is 0. The second-order valence-corrected chi connectivity index (χ2v) is 17.6. The molecule has 1 aliphatic rings. The van der Waals surface area contributed by atoms with Crippen molar-refractivity contribution in [3.05, 3.63) is 254 Å². The Morgan fingerprint density at radius 3 is 1.58 bits per heavy atom. The molecule has 11 aromatic rings. The Kier molecular flexibility index (Phi) is 9.21. The Morgan fingerprint density at radius 2 is 0.815 bits per heavy atom. The second-order valence-electron chi connectivity index (χ2n) is 17.6. The molecule has 0 bridgehead atoms. The van der Waals surface area contributed by atoms with E-state index >= 15 is 0 Å². The van der Waals surface area contributed by atoms with Crippen LogP contribution in [-0.4, -0.2) is 4.57 Å². The normalized spacial score (nSPS) is 12.6. The van der Waals surface area contributed by atoms with Crippen LogP contribution in [0.3, 0.4) is 0 Å². The molecule has 1 heterocycles. The van der Waals surface area contributed by atoms with Crippen LogP contribution in [0.1, 0.15) is 25.0 Å². The van der Waals surface area contributed by atoms with Crippen molar-refractivity contribution in [1.82, 2.24) is 4.57 Å². The summed E-state index contributed by atoms with van der Waals surface area (Å²) in [6, 6.07) is 89.0. The number of aromatic nitrogens is 1. The molecule has 2 nitrogen and oxygen atoms in total. The third kappa shape index (κ3) is 6.17. The molecule has 0 fully saturated rings. The number of para-hydroxylation sites is 3. The SMILES string of the molecule is CC1(C)c2ccccc2-c2c(-c3ccccc3N(c3cccc(-c4ccccc4)c3-c3ccccc3-c3ccccc3)c3cccc4c3c3ccccc3n4-c3ccccc3)cccc21. The number of fused-ring (bicyclic) bond motifs is 6. The highest BCUT2D eigenvalue weighted by atomic mass is 15.2. The molecule has 308 valence electrons. The van der Waals surface area contributed by atoms with Gasteiger partial charge in [-0.05, 0) is 98.1 Å². The zero-order chi connectivity index (χ0) is 43.5. The van der Waals surface area contributed by atoms with Gasteiger partial charge >= 0.3 is 0 Å². The lowest BCUT2D eigenvalue weighted by Crippen LogP contribution is -2.15. The van der Waals surface area contributed by atoms with Crippen molar-refractivity contribution < 1.29 is 0 Å². The lowest BCUT2D eigenvalue weighted by molar-refractivity contribution is 0.660. The van der Waals surface area contributed by atoms with Crippen LogP contribution in [0.5, 0.6) is 0 Å². The first-order valence-corrected chi connectivity index (χ1v) is 22.6. The summed E-state index contributed by atoms with van der Waals surface area (Å²) in [4.78, 5) is 2.58. The average molecular weight is 831 g/mol. The molecule has 1 aromatic heterocycles. The van der Waals surface area contributed by atoms with Gasteiger partial charge in [-0.15, -0.1) is 0 Å². The van der Waals surface area contributed by atoms with E-state index in [1.807, 2.05) is 0 Å². The lowest BCUT2D eigenvalue weighted by atomic mass is 9.82. The van der Waals surface area contributed by atoms with Crippen molar-refractivity contribution in [3.8, 4) is 61.3 Å². The van der Waals surface area contributed by atoms with Crippen molar-refractivity contribution in [2.45, 2.75) is 19.3 Å². The Morgan fingerprint density at radius 1 is 0.323 bits per heavy atom. The minimum atomic E-state index is -0.139. The summed E-state index contributed by atoms with van der Waals surface area (Å²) >= 11 is 0. The molecule has 0 atom stereocenters. The van der Waals surface area contributed by atoms with Crippen LogP contribution in [-0.2, 0) is 5.41 Å². The van der Waals surface area contributed by atoms with Gasteiger partial charge in [0.05, 0.1) is 28.1 Å². The molecular weight excluding hydrogens is 785 g/mol.